The van der Waals surface area contributed by atoms with Crippen LogP contribution in [0.15, 0.2) is 41.3 Å². The fourth-order valence-corrected chi connectivity index (χ4v) is 1.85. The van der Waals surface area contributed by atoms with Gasteiger partial charge in [0.05, 0.1) is 6.20 Å². The van der Waals surface area contributed by atoms with E-state index in [0.29, 0.717) is 6.61 Å². The van der Waals surface area contributed by atoms with Crippen LogP contribution in [-0.4, -0.2) is 16.5 Å². The third-order valence-corrected chi connectivity index (χ3v) is 2.90. The van der Waals surface area contributed by atoms with Gasteiger partial charge in [-0.2, -0.15) is 0 Å². The predicted octanol–water partition coefficient (Wildman–Crippen LogP) is 3.64. The third kappa shape index (κ3) is 4.52. The maximum Gasteiger partial charge on any atom is 0.139 e. The molecule has 2 rings (SSSR count). The molecule has 5 heteroatoms. The Bertz CT molecular complexity index is 516. The van der Waals surface area contributed by atoms with Crippen molar-refractivity contribution in [1.82, 2.24) is 9.97 Å². The number of ether oxygens (including phenoxy) is 1. The van der Waals surface area contributed by atoms with Crippen molar-refractivity contribution < 1.29 is 4.74 Å². The molecule has 2 heterocycles. The number of aromatic nitrogens is 2. The molecule has 0 saturated heterocycles. The van der Waals surface area contributed by atoms with E-state index >= 15 is 0 Å². The first-order valence-electron chi connectivity index (χ1n) is 6.20. The van der Waals surface area contributed by atoms with E-state index in [-0.39, 0.29) is 0 Å². The van der Waals surface area contributed by atoms with Crippen molar-refractivity contribution >= 4 is 21.7 Å². The maximum atomic E-state index is 5.64. The van der Waals surface area contributed by atoms with Gasteiger partial charge in [-0.15, -0.1) is 0 Å². The summed E-state index contributed by atoms with van der Waals surface area (Å²) in [5.41, 5.74) is 1.03. The number of pyridine rings is 2. The van der Waals surface area contributed by atoms with Crippen molar-refractivity contribution in [3.8, 4) is 5.75 Å². The monoisotopic (exact) mass is 321 g/mol. The van der Waals surface area contributed by atoms with Crippen LogP contribution < -0.4 is 10.1 Å². The standard InChI is InChI=1S/C14H16BrN3O/c1-2-5-17-14-4-3-11(7-18-14)10-19-13-6-12(15)8-16-9-13/h3-4,6-9H,2,5,10H2,1H3,(H,17,18). The van der Waals surface area contributed by atoms with Crippen LogP contribution in [0.3, 0.4) is 0 Å². The lowest BCUT2D eigenvalue weighted by molar-refractivity contribution is 0.304. The number of hydrogen-bond acceptors (Lipinski definition) is 4. The average molecular weight is 322 g/mol. The Labute approximate surface area is 121 Å². The van der Waals surface area contributed by atoms with Gasteiger partial charge in [-0.25, -0.2) is 4.98 Å². The number of halogens is 1. The Hall–Kier alpha value is -1.62. The molecule has 0 aromatic carbocycles. The Morgan fingerprint density at radius 2 is 2.16 bits per heavy atom. The van der Waals surface area contributed by atoms with E-state index in [1.165, 1.54) is 0 Å². The molecule has 0 radical (unpaired) electrons. The van der Waals surface area contributed by atoms with Crippen molar-refractivity contribution in [3.63, 3.8) is 0 Å². The van der Waals surface area contributed by atoms with Crippen molar-refractivity contribution in [1.29, 1.82) is 0 Å². The second-order valence-corrected chi connectivity index (χ2v) is 5.02. The number of nitrogens with zero attached hydrogens (tertiary/aromatic N) is 2. The largest absolute Gasteiger partial charge is 0.487 e. The van der Waals surface area contributed by atoms with Crippen LogP contribution in [-0.2, 0) is 6.61 Å². The Kier molecular flexibility index (Phi) is 5.15. The van der Waals surface area contributed by atoms with Gasteiger partial charge in [-0.3, -0.25) is 4.98 Å². The lowest BCUT2D eigenvalue weighted by Crippen LogP contribution is -2.02. The molecule has 0 unspecified atom stereocenters. The molecule has 0 saturated carbocycles. The van der Waals surface area contributed by atoms with E-state index in [1.807, 2.05) is 24.4 Å². The molecule has 2 aromatic heterocycles. The molecule has 0 atom stereocenters. The zero-order valence-corrected chi connectivity index (χ0v) is 12.4. The molecule has 0 amide bonds. The summed E-state index contributed by atoms with van der Waals surface area (Å²) in [7, 11) is 0. The summed E-state index contributed by atoms with van der Waals surface area (Å²) in [5.74, 6) is 1.64. The Balaban J connectivity index is 1.89. The molecule has 4 nitrogen and oxygen atoms in total. The van der Waals surface area contributed by atoms with Crippen molar-refractivity contribution in [2.75, 3.05) is 11.9 Å². The van der Waals surface area contributed by atoms with Gasteiger partial charge < -0.3 is 10.1 Å². The fourth-order valence-electron chi connectivity index (χ4n) is 1.51. The van der Waals surface area contributed by atoms with Crippen LogP contribution >= 0.6 is 15.9 Å². The van der Waals surface area contributed by atoms with Gasteiger partial charge >= 0.3 is 0 Å². The average Bonchev–Trinajstić information content (AvgIpc) is 2.44. The molecule has 0 bridgehead atoms. The lowest BCUT2D eigenvalue weighted by atomic mass is 10.3. The van der Waals surface area contributed by atoms with Crippen molar-refractivity contribution in [2.24, 2.45) is 0 Å². The highest BCUT2D eigenvalue weighted by Crippen LogP contribution is 2.17. The molecule has 100 valence electrons. The summed E-state index contributed by atoms with van der Waals surface area (Å²) in [6.45, 7) is 3.55. The number of hydrogen-bond donors (Lipinski definition) is 1. The van der Waals surface area contributed by atoms with Gasteiger partial charge in [0.2, 0.25) is 0 Å². The van der Waals surface area contributed by atoms with Gasteiger partial charge in [0.1, 0.15) is 18.2 Å². The van der Waals surface area contributed by atoms with Crippen LogP contribution in [0, 0.1) is 0 Å². The topological polar surface area (TPSA) is 47.0 Å². The molecule has 0 aliphatic rings. The van der Waals surface area contributed by atoms with Crippen LogP contribution in [0.1, 0.15) is 18.9 Å². The van der Waals surface area contributed by atoms with Crippen molar-refractivity contribution in [2.45, 2.75) is 20.0 Å². The van der Waals surface area contributed by atoms with E-state index in [0.717, 1.165) is 34.6 Å². The van der Waals surface area contributed by atoms with Gasteiger partial charge in [0, 0.05) is 29.0 Å². The van der Waals surface area contributed by atoms with Gasteiger partial charge in [-0.05, 0) is 34.5 Å². The molecule has 1 N–H and O–H groups in total. The summed E-state index contributed by atoms with van der Waals surface area (Å²) in [6.07, 6.45) is 6.32. The first kappa shape index (κ1) is 13.8. The third-order valence-electron chi connectivity index (χ3n) is 2.47. The number of rotatable bonds is 6. The highest BCUT2D eigenvalue weighted by atomic mass is 79.9. The second kappa shape index (κ2) is 7.09. The summed E-state index contributed by atoms with van der Waals surface area (Å²) in [5, 5.41) is 3.23. The van der Waals surface area contributed by atoms with Gasteiger partial charge in [0.25, 0.3) is 0 Å². The molecular weight excluding hydrogens is 306 g/mol. The minimum Gasteiger partial charge on any atom is -0.487 e. The van der Waals surface area contributed by atoms with Gasteiger partial charge in [-0.1, -0.05) is 13.0 Å². The molecule has 2 aromatic rings. The fraction of sp³-hybridized carbons (Fsp3) is 0.286. The number of anilines is 1. The molecule has 0 aliphatic heterocycles. The zero-order chi connectivity index (χ0) is 13.5. The molecule has 0 fully saturated rings. The minimum atomic E-state index is 0.485. The molecular formula is C14H16BrN3O. The van der Waals surface area contributed by atoms with E-state index < -0.39 is 0 Å². The Morgan fingerprint density at radius 1 is 1.26 bits per heavy atom. The summed E-state index contributed by atoms with van der Waals surface area (Å²) >= 11 is 3.36. The first-order valence-corrected chi connectivity index (χ1v) is 6.99. The first-order chi connectivity index (χ1) is 9.28. The molecule has 19 heavy (non-hydrogen) atoms. The van der Waals surface area contributed by atoms with Crippen LogP contribution in [0.25, 0.3) is 0 Å². The summed E-state index contributed by atoms with van der Waals surface area (Å²) in [6, 6.07) is 5.86. The quantitative estimate of drug-likeness (QED) is 0.882. The highest BCUT2D eigenvalue weighted by Gasteiger charge is 1.99. The molecule has 0 spiro atoms. The highest BCUT2D eigenvalue weighted by molar-refractivity contribution is 9.10. The van der Waals surface area contributed by atoms with Crippen LogP contribution in [0.5, 0.6) is 5.75 Å². The van der Waals surface area contributed by atoms with Crippen LogP contribution in [0.4, 0.5) is 5.82 Å². The second-order valence-electron chi connectivity index (χ2n) is 4.11. The zero-order valence-electron chi connectivity index (χ0n) is 10.8. The molecule has 0 aliphatic carbocycles. The minimum absolute atomic E-state index is 0.485. The normalized spacial score (nSPS) is 10.2. The van der Waals surface area contributed by atoms with Gasteiger partial charge in [0.15, 0.2) is 0 Å². The summed E-state index contributed by atoms with van der Waals surface area (Å²) < 4.78 is 6.55. The lowest BCUT2D eigenvalue weighted by Gasteiger charge is -2.07. The van der Waals surface area contributed by atoms with Crippen LogP contribution in [0.2, 0.25) is 0 Å². The smallest absolute Gasteiger partial charge is 0.139 e. The maximum absolute atomic E-state index is 5.64. The van der Waals surface area contributed by atoms with E-state index in [4.69, 9.17) is 4.74 Å². The van der Waals surface area contributed by atoms with Crippen molar-refractivity contribution in [3.05, 3.63) is 46.8 Å². The van der Waals surface area contributed by atoms with E-state index in [2.05, 4.69) is 38.1 Å². The Morgan fingerprint density at radius 3 is 2.84 bits per heavy atom. The van der Waals surface area contributed by atoms with E-state index in [1.54, 1.807) is 12.4 Å². The predicted molar refractivity (Wildman–Crippen MR) is 79.3 cm³/mol. The summed E-state index contributed by atoms with van der Waals surface area (Å²) in [4.78, 5) is 8.38. The number of nitrogens with one attached hydrogen (secondary N) is 1. The SMILES string of the molecule is CCCNc1ccc(COc2cncc(Br)c2)cn1. The van der Waals surface area contributed by atoms with E-state index in [9.17, 15) is 0 Å².